The van der Waals surface area contributed by atoms with Crippen LogP contribution in [0.2, 0.25) is 0 Å². The summed E-state index contributed by atoms with van der Waals surface area (Å²) in [4.78, 5) is 0. The van der Waals surface area contributed by atoms with E-state index in [1.54, 1.807) is 16.6 Å². The molecule has 5 rings (SSSR count). The Bertz CT molecular complexity index is 1240. The molecule has 5 heteroatoms. The van der Waals surface area contributed by atoms with Crippen LogP contribution in [-0.2, 0) is 6.42 Å². The highest BCUT2D eigenvalue weighted by Gasteiger charge is 2.15. The van der Waals surface area contributed by atoms with Gasteiger partial charge in [-0.15, -0.1) is 10.2 Å². The molecule has 0 spiro atoms. The second-order valence-electron chi connectivity index (χ2n) is 6.42. The highest BCUT2D eigenvalue weighted by atomic mass is 19.1. The van der Waals surface area contributed by atoms with Gasteiger partial charge in [0.2, 0.25) is 0 Å². The van der Waals surface area contributed by atoms with E-state index in [4.69, 9.17) is 5.10 Å². The van der Waals surface area contributed by atoms with E-state index in [0.29, 0.717) is 17.9 Å². The fourth-order valence-corrected chi connectivity index (χ4v) is 3.35. The Morgan fingerprint density at radius 3 is 2.22 bits per heavy atom. The SMILES string of the molecule is Fc1ccc(-c2nnc3c4ccccc4c(Cc4ccccc4)nn23)cc1. The molecule has 3 aromatic carbocycles. The van der Waals surface area contributed by atoms with Crippen LogP contribution < -0.4 is 0 Å². The van der Waals surface area contributed by atoms with Gasteiger partial charge in [-0.2, -0.15) is 9.61 Å². The molecule has 0 atom stereocenters. The van der Waals surface area contributed by atoms with Gasteiger partial charge in [0.25, 0.3) is 0 Å². The molecule has 27 heavy (non-hydrogen) atoms. The van der Waals surface area contributed by atoms with Crippen molar-refractivity contribution in [1.82, 2.24) is 19.8 Å². The molecule has 0 aliphatic rings. The van der Waals surface area contributed by atoms with Crippen molar-refractivity contribution in [3.05, 3.63) is 95.9 Å². The van der Waals surface area contributed by atoms with Crippen LogP contribution in [0.1, 0.15) is 11.3 Å². The maximum atomic E-state index is 13.3. The first-order valence-corrected chi connectivity index (χ1v) is 8.72. The maximum Gasteiger partial charge on any atom is 0.186 e. The highest BCUT2D eigenvalue weighted by molar-refractivity contribution is 5.95. The first kappa shape index (κ1) is 15.6. The molecule has 0 radical (unpaired) electrons. The maximum absolute atomic E-state index is 13.3. The molecule has 0 aliphatic heterocycles. The first-order chi connectivity index (χ1) is 13.3. The fourth-order valence-electron chi connectivity index (χ4n) is 3.35. The van der Waals surface area contributed by atoms with E-state index in [1.165, 1.54) is 17.7 Å². The molecule has 0 N–H and O–H groups in total. The third-order valence-electron chi connectivity index (χ3n) is 4.66. The lowest BCUT2D eigenvalue weighted by molar-refractivity contribution is 0.628. The van der Waals surface area contributed by atoms with Gasteiger partial charge in [0.15, 0.2) is 11.5 Å². The van der Waals surface area contributed by atoms with Crippen LogP contribution in [0.25, 0.3) is 27.8 Å². The number of hydrogen-bond donors (Lipinski definition) is 0. The number of halogens is 1. The summed E-state index contributed by atoms with van der Waals surface area (Å²) in [6, 6.07) is 24.6. The molecule has 0 fully saturated rings. The molecule has 2 aromatic heterocycles. The summed E-state index contributed by atoms with van der Waals surface area (Å²) in [6.45, 7) is 0. The lowest BCUT2D eigenvalue weighted by atomic mass is 10.0. The number of hydrogen-bond acceptors (Lipinski definition) is 3. The van der Waals surface area contributed by atoms with E-state index in [-0.39, 0.29) is 5.82 Å². The summed E-state index contributed by atoms with van der Waals surface area (Å²) in [5.74, 6) is 0.320. The van der Waals surface area contributed by atoms with E-state index >= 15 is 0 Å². The molecule has 0 aliphatic carbocycles. The van der Waals surface area contributed by atoms with E-state index < -0.39 is 0 Å². The smallest absolute Gasteiger partial charge is 0.186 e. The van der Waals surface area contributed by atoms with Gasteiger partial charge >= 0.3 is 0 Å². The normalized spacial score (nSPS) is 11.3. The summed E-state index contributed by atoms with van der Waals surface area (Å²) in [6.07, 6.45) is 0.707. The van der Waals surface area contributed by atoms with Gasteiger partial charge in [-0.1, -0.05) is 54.6 Å². The first-order valence-electron chi connectivity index (χ1n) is 8.72. The van der Waals surface area contributed by atoms with Crippen LogP contribution in [0.5, 0.6) is 0 Å². The van der Waals surface area contributed by atoms with Gasteiger partial charge in [0.1, 0.15) is 5.82 Å². The van der Waals surface area contributed by atoms with Gasteiger partial charge in [0.05, 0.1) is 5.69 Å². The van der Waals surface area contributed by atoms with Crippen LogP contribution in [0.15, 0.2) is 78.9 Å². The zero-order valence-electron chi connectivity index (χ0n) is 14.4. The van der Waals surface area contributed by atoms with Gasteiger partial charge in [0, 0.05) is 22.8 Å². The monoisotopic (exact) mass is 354 g/mol. The number of benzene rings is 3. The molecule has 0 bridgehead atoms. The molecule has 130 valence electrons. The van der Waals surface area contributed by atoms with Crippen LogP contribution in [-0.4, -0.2) is 19.8 Å². The van der Waals surface area contributed by atoms with Crippen molar-refractivity contribution in [3.8, 4) is 11.4 Å². The second-order valence-corrected chi connectivity index (χ2v) is 6.42. The second kappa shape index (κ2) is 6.29. The van der Waals surface area contributed by atoms with Gasteiger partial charge in [-0.25, -0.2) is 4.39 Å². The molecule has 5 aromatic rings. The quantitative estimate of drug-likeness (QED) is 0.473. The molecular formula is C22H15FN4. The number of fused-ring (bicyclic) bond motifs is 3. The molecule has 0 unspecified atom stereocenters. The summed E-state index contributed by atoms with van der Waals surface area (Å²) in [7, 11) is 0. The lowest BCUT2D eigenvalue weighted by Crippen LogP contribution is -2.03. The van der Waals surface area contributed by atoms with E-state index in [2.05, 4.69) is 28.4 Å². The Labute approximate surface area is 154 Å². The number of nitrogens with zero attached hydrogens (tertiary/aromatic N) is 4. The predicted molar refractivity (Wildman–Crippen MR) is 103 cm³/mol. The van der Waals surface area contributed by atoms with Crippen molar-refractivity contribution in [1.29, 1.82) is 0 Å². The van der Waals surface area contributed by atoms with Crippen molar-refractivity contribution in [3.63, 3.8) is 0 Å². The summed E-state index contributed by atoms with van der Waals surface area (Å²) >= 11 is 0. The number of rotatable bonds is 3. The van der Waals surface area contributed by atoms with Crippen LogP contribution in [0, 0.1) is 5.82 Å². The lowest BCUT2D eigenvalue weighted by Gasteiger charge is -2.08. The zero-order chi connectivity index (χ0) is 18.2. The standard InChI is InChI=1S/C22H15FN4/c23-17-12-10-16(11-13-17)21-24-25-22-19-9-5-4-8-18(19)20(26-27(21)22)14-15-6-2-1-3-7-15/h1-13H,14H2. The predicted octanol–water partition coefficient (Wildman–Crippen LogP) is 4.67. The molecular weight excluding hydrogens is 339 g/mol. The van der Waals surface area contributed by atoms with Crippen molar-refractivity contribution in [2.45, 2.75) is 6.42 Å². The van der Waals surface area contributed by atoms with Crippen LogP contribution >= 0.6 is 0 Å². The van der Waals surface area contributed by atoms with Gasteiger partial charge in [-0.05, 0) is 29.8 Å². The highest BCUT2D eigenvalue weighted by Crippen LogP contribution is 2.26. The largest absolute Gasteiger partial charge is 0.207 e. The van der Waals surface area contributed by atoms with E-state index in [0.717, 1.165) is 22.0 Å². The molecule has 2 heterocycles. The average molecular weight is 354 g/mol. The van der Waals surface area contributed by atoms with Crippen molar-refractivity contribution in [2.75, 3.05) is 0 Å². The van der Waals surface area contributed by atoms with Gasteiger partial charge < -0.3 is 0 Å². The third kappa shape index (κ3) is 2.73. The minimum Gasteiger partial charge on any atom is -0.207 e. The average Bonchev–Trinajstić information content (AvgIpc) is 3.14. The Morgan fingerprint density at radius 1 is 0.741 bits per heavy atom. The Kier molecular flexibility index (Phi) is 3.64. The summed E-state index contributed by atoms with van der Waals surface area (Å²) < 4.78 is 15.1. The third-order valence-corrected chi connectivity index (χ3v) is 4.66. The van der Waals surface area contributed by atoms with Crippen LogP contribution in [0.4, 0.5) is 4.39 Å². The fraction of sp³-hybridized carbons (Fsp3) is 0.0455. The van der Waals surface area contributed by atoms with E-state index in [1.807, 2.05) is 36.4 Å². The Morgan fingerprint density at radius 2 is 1.44 bits per heavy atom. The Balaban J connectivity index is 1.75. The molecule has 0 amide bonds. The minimum atomic E-state index is -0.282. The number of aromatic nitrogens is 4. The molecule has 0 saturated heterocycles. The summed E-state index contributed by atoms with van der Waals surface area (Å²) in [5.41, 5.74) is 3.61. The molecule has 4 nitrogen and oxygen atoms in total. The van der Waals surface area contributed by atoms with Gasteiger partial charge in [-0.3, -0.25) is 0 Å². The van der Waals surface area contributed by atoms with Crippen molar-refractivity contribution >= 4 is 16.4 Å². The minimum absolute atomic E-state index is 0.282. The van der Waals surface area contributed by atoms with Crippen molar-refractivity contribution < 1.29 is 4.39 Å². The zero-order valence-corrected chi connectivity index (χ0v) is 14.4. The van der Waals surface area contributed by atoms with Crippen molar-refractivity contribution in [2.24, 2.45) is 0 Å². The van der Waals surface area contributed by atoms with Crippen LogP contribution in [0.3, 0.4) is 0 Å². The topological polar surface area (TPSA) is 43.1 Å². The molecule has 0 saturated carbocycles. The Hall–Kier alpha value is -3.60. The van der Waals surface area contributed by atoms with E-state index in [9.17, 15) is 4.39 Å². The summed E-state index contributed by atoms with van der Waals surface area (Å²) in [5, 5.41) is 15.6.